The smallest absolute Gasteiger partial charge is 0.234 e. The third-order valence-corrected chi connectivity index (χ3v) is 4.77. The lowest BCUT2D eigenvalue weighted by Gasteiger charge is -2.09. The average molecular weight is 339 g/mol. The van der Waals surface area contributed by atoms with Gasteiger partial charge in [-0.25, -0.2) is 4.98 Å². The molecular weight excluding hydrogens is 318 g/mol. The highest BCUT2D eigenvalue weighted by molar-refractivity contribution is 7.99. The summed E-state index contributed by atoms with van der Waals surface area (Å²) in [6.45, 7) is 4.15. The monoisotopic (exact) mass is 339 g/mol. The lowest BCUT2D eigenvalue weighted by Crippen LogP contribution is -2.15. The van der Waals surface area contributed by atoms with Gasteiger partial charge in [0.05, 0.1) is 11.4 Å². The van der Waals surface area contributed by atoms with E-state index in [1.165, 1.54) is 5.56 Å². The van der Waals surface area contributed by atoms with Crippen LogP contribution in [-0.4, -0.2) is 21.0 Å². The molecular formula is C19H21N3OS. The molecule has 124 valence electrons. The Morgan fingerprint density at radius 1 is 1.21 bits per heavy atom. The van der Waals surface area contributed by atoms with Gasteiger partial charge in [0.2, 0.25) is 5.91 Å². The third-order valence-electron chi connectivity index (χ3n) is 3.80. The van der Waals surface area contributed by atoms with Crippen molar-refractivity contribution in [2.24, 2.45) is 0 Å². The molecule has 0 saturated heterocycles. The van der Waals surface area contributed by atoms with Gasteiger partial charge in [0.15, 0.2) is 0 Å². The largest absolute Gasteiger partial charge is 0.325 e. The molecule has 0 saturated carbocycles. The van der Waals surface area contributed by atoms with Crippen molar-refractivity contribution in [1.82, 2.24) is 9.38 Å². The zero-order chi connectivity index (χ0) is 16.9. The van der Waals surface area contributed by atoms with E-state index < -0.39 is 0 Å². The lowest BCUT2D eigenvalue weighted by molar-refractivity contribution is -0.113. The van der Waals surface area contributed by atoms with Crippen LogP contribution < -0.4 is 5.32 Å². The Labute approximate surface area is 146 Å². The van der Waals surface area contributed by atoms with Crippen molar-refractivity contribution >= 4 is 29.0 Å². The fraction of sp³-hybridized carbons (Fsp3) is 0.263. The van der Waals surface area contributed by atoms with E-state index in [2.05, 4.69) is 36.4 Å². The summed E-state index contributed by atoms with van der Waals surface area (Å²) in [5.74, 6) is 1.18. The van der Waals surface area contributed by atoms with E-state index in [9.17, 15) is 4.79 Å². The molecule has 0 aliphatic rings. The second-order valence-corrected chi connectivity index (χ2v) is 6.74. The van der Waals surface area contributed by atoms with Gasteiger partial charge < -0.3 is 9.72 Å². The Balaban J connectivity index is 1.54. The van der Waals surface area contributed by atoms with Crippen LogP contribution in [0.5, 0.6) is 0 Å². The van der Waals surface area contributed by atoms with E-state index in [1.807, 2.05) is 40.9 Å². The van der Waals surface area contributed by atoms with Crippen LogP contribution in [0.4, 0.5) is 5.69 Å². The number of para-hydroxylation sites is 1. The number of fused-ring (bicyclic) bond motifs is 1. The third kappa shape index (κ3) is 3.97. The molecule has 24 heavy (non-hydrogen) atoms. The number of carbonyl (C=O) groups excluding carboxylic acids is 1. The van der Waals surface area contributed by atoms with Gasteiger partial charge in [-0.2, -0.15) is 0 Å². The Hall–Kier alpha value is -2.27. The number of carbonyl (C=O) groups is 1. The highest BCUT2D eigenvalue weighted by Gasteiger charge is 2.07. The van der Waals surface area contributed by atoms with Crippen molar-refractivity contribution < 1.29 is 4.79 Å². The van der Waals surface area contributed by atoms with Crippen LogP contribution in [0.2, 0.25) is 0 Å². The minimum absolute atomic E-state index is 0.0282. The molecule has 0 unspecified atom stereocenters. The quantitative estimate of drug-likeness (QED) is 0.736. The molecule has 2 aromatic heterocycles. The Kier molecular flexibility index (Phi) is 5.20. The minimum atomic E-state index is 0.0282. The molecule has 3 aromatic rings. The van der Waals surface area contributed by atoms with Crippen molar-refractivity contribution in [2.75, 3.05) is 11.1 Å². The van der Waals surface area contributed by atoms with Crippen LogP contribution in [0.25, 0.3) is 5.65 Å². The van der Waals surface area contributed by atoms with Crippen LogP contribution in [0.1, 0.15) is 23.7 Å². The molecule has 5 heteroatoms. The van der Waals surface area contributed by atoms with E-state index in [0.29, 0.717) is 5.75 Å². The predicted molar refractivity (Wildman–Crippen MR) is 101 cm³/mol. The number of pyridine rings is 1. The first-order chi connectivity index (χ1) is 11.7. The van der Waals surface area contributed by atoms with Crippen molar-refractivity contribution in [1.29, 1.82) is 0 Å². The summed E-state index contributed by atoms with van der Waals surface area (Å²) in [7, 11) is 0. The highest BCUT2D eigenvalue weighted by atomic mass is 32.2. The molecule has 0 aliphatic carbocycles. The van der Waals surface area contributed by atoms with Crippen LogP contribution in [-0.2, 0) is 17.0 Å². The first-order valence-electron chi connectivity index (χ1n) is 8.05. The lowest BCUT2D eigenvalue weighted by atomic mass is 10.1. The van der Waals surface area contributed by atoms with Crippen LogP contribution in [0, 0.1) is 6.92 Å². The first-order valence-corrected chi connectivity index (χ1v) is 9.21. The van der Waals surface area contributed by atoms with Crippen LogP contribution in [0.3, 0.4) is 0 Å². The zero-order valence-corrected chi connectivity index (χ0v) is 14.8. The van der Waals surface area contributed by atoms with Gasteiger partial charge in [0, 0.05) is 23.8 Å². The Morgan fingerprint density at radius 3 is 2.88 bits per heavy atom. The number of hydrogen-bond donors (Lipinski definition) is 1. The molecule has 0 atom stereocenters. The zero-order valence-electron chi connectivity index (χ0n) is 14.0. The maximum Gasteiger partial charge on any atom is 0.234 e. The number of nitrogens with one attached hydrogen (secondary N) is 1. The summed E-state index contributed by atoms with van der Waals surface area (Å²) in [6.07, 6.45) is 4.99. The Bertz CT molecular complexity index is 857. The Morgan fingerprint density at radius 2 is 2.04 bits per heavy atom. The fourth-order valence-corrected chi connectivity index (χ4v) is 3.32. The number of amides is 1. The molecule has 0 bridgehead atoms. The number of nitrogens with zero attached hydrogens (tertiary/aromatic N) is 2. The number of thioether (sulfide) groups is 1. The van der Waals surface area contributed by atoms with E-state index in [-0.39, 0.29) is 5.91 Å². The van der Waals surface area contributed by atoms with E-state index in [0.717, 1.165) is 34.8 Å². The van der Waals surface area contributed by atoms with Gasteiger partial charge in [0.25, 0.3) is 0 Å². The summed E-state index contributed by atoms with van der Waals surface area (Å²) in [5.41, 5.74) is 5.21. The van der Waals surface area contributed by atoms with Gasteiger partial charge in [-0.05, 0) is 36.6 Å². The maximum absolute atomic E-state index is 12.1. The molecule has 1 N–H and O–H groups in total. The van der Waals surface area contributed by atoms with Crippen LogP contribution >= 0.6 is 11.8 Å². The molecule has 0 radical (unpaired) electrons. The number of rotatable bonds is 6. The summed E-state index contributed by atoms with van der Waals surface area (Å²) < 4.78 is 2.03. The standard InChI is InChI=1S/C19H21N3OS/c1-3-15-6-4-5-7-17(15)21-19(23)13-24-12-16-11-22-10-14(2)8-9-18(22)20-16/h4-11H,3,12-13H2,1-2H3,(H,21,23). The summed E-state index contributed by atoms with van der Waals surface area (Å²) >= 11 is 1.58. The van der Waals surface area contributed by atoms with Crippen molar-refractivity contribution in [3.63, 3.8) is 0 Å². The second-order valence-electron chi connectivity index (χ2n) is 5.76. The highest BCUT2D eigenvalue weighted by Crippen LogP contribution is 2.17. The number of hydrogen-bond acceptors (Lipinski definition) is 3. The summed E-state index contributed by atoms with van der Waals surface area (Å²) in [4.78, 5) is 16.7. The second kappa shape index (κ2) is 7.53. The van der Waals surface area contributed by atoms with Gasteiger partial charge in [0.1, 0.15) is 5.65 Å². The van der Waals surface area contributed by atoms with Crippen LogP contribution in [0.15, 0.2) is 48.8 Å². The SMILES string of the molecule is CCc1ccccc1NC(=O)CSCc1cn2cc(C)ccc2n1. The first kappa shape index (κ1) is 16.6. The molecule has 0 spiro atoms. The number of anilines is 1. The fourth-order valence-electron chi connectivity index (χ4n) is 2.61. The van der Waals surface area contributed by atoms with E-state index >= 15 is 0 Å². The maximum atomic E-state index is 12.1. The van der Waals surface area contributed by atoms with Gasteiger partial charge >= 0.3 is 0 Å². The van der Waals surface area contributed by atoms with E-state index in [4.69, 9.17) is 0 Å². The van der Waals surface area contributed by atoms with Gasteiger partial charge in [-0.3, -0.25) is 4.79 Å². The minimum Gasteiger partial charge on any atom is -0.325 e. The summed E-state index contributed by atoms with van der Waals surface area (Å²) in [5, 5.41) is 3.00. The number of imidazole rings is 1. The predicted octanol–water partition coefficient (Wildman–Crippen LogP) is 4.08. The van der Waals surface area contributed by atoms with Crippen molar-refractivity contribution in [2.45, 2.75) is 26.0 Å². The van der Waals surface area contributed by atoms with Gasteiger partial charge in [-0.1, -0.05) is 31.2 Å². The number of benzene rings is 1. The molecule has 2 heterocycles. The van der Waals surface area contributed by atoms with Crippen molar-refractivity contribution in [3.8, 4) is 0 Å². The molecule has 1 amide bonds. The topological polar surface area (TPSA) is 46.4 Å². The van der Waals surface area contributed by atoms with E-state index in [1.54, 1.807) is 11.8 Å². The van der Waals surface area contributed by atoms with Crippen molar-refractivity contribution in [3.05, 3.63) is 65.6 Å². The normalized spacial score (nSPS) is 10.9. The summed E-state index contributed by atoms with van der Waals surface area (Å²) in [6, 6.07) is 12.0. The molecule has 1 aromatic carbocycles. The molecule has 0 aliphatic heterocycles. The molecule has 4 nitrogen and oxygen atoms in total. The number of aryl methyl sites for hydroxylation is 2. The molecule has 3 rings (SSSR count). The van der Waals surface area contributed by atoms with Gasteiger partial charge in [-0.15, -0.1) is 11.8 Å². The number of aromatic nitrogens is 2. The average Bonchev–Trinajstić information content (AvgIpc) is 2.97. The molecule has 0 fully saturated rings.